The van der Waals surface area contributed by atoms with Crippen molar-refractivity contribution in [2.45, 2.75) is 12.3 Å². The van der Waals surface area contributed by atoms with Crippen LogP contribution in [0.3, 0.4) is 0 Å². The van der Waals surface area contributed by atoms with Crippen molar-refractivity contribution in [1.82, 2.24) is 5.32 Å². The fourth-order valence-corrected chi connectivity index (χ4v) is 3.00. The summed E-state index contributed by atoms with van der Waals surface area (Å²) in [7, 11) is 0. The highest BCUT2D eigenvalue weighted by Gasteiger charge is 2.44. The Hall–Kier alpha value is -2.54. The van der Waals surface area contributed by atoms with Gasteiger partial charge in [0, 0.05) is 10.9 Å². The minimum absolute atomic E-state index is 0.00426. The topological polar surface area (TPSA) is 58.2 Å². The van der Waals surface area contributed by atoms with Crippen LogP contribution in [0.15, 0.2) is 36.4 Å². The van der Waals surface area contributed by atoms with Gasteiger partial charge in [-0.3, -0.25) is 9.59 Å². The molecule has 4 nitrogen and oxygen atoms in total. The van der Waals surface area contributed by atoms with Crippen LogP contribution >= 0.6 is 11.6 Å². The summed E-state index contributed by atoms with van der Waals surface area (Å²) < 4.78 is 39.5. The molecule has 2 aromatic rings. The van der Waals surface area contributed by atoms with Crippen LogP contribution in [0.5, 0.6) is 0 Å². The summed E-state index contributed by atoms with van der Waals surface area (Å²) in [6, 6.07) is 8.82. The lowest BCUT2D eigenvalue weighted by Gasteiger charge is -2.09. The number of nitrogens with one attached hydrogen (secondary N) is 2. The first kappa shape index (κ1) is 18.3. The Kier molecular flexibility index (Phi) is 5.18. The molecule has 0 bridgehead atoms. The van der Waals surface area contributed by atoms with Crippen molar-refractivity contribution in [3.05, 3.63) is 64.4 Å². The van der Waals surface area contributed by atoms with E-state index in [4.69, 9.17) is 11.6 Å². The molecule has 26 heavy (non-hydrogen) atoms. The third-order valence-electron chi connectivity index (χ3n) is 4.16. The maximum absolute atomic E-state index is 13.5. The van der Waals surface area contributed by atoms with Gasteiger partial charge in [0.1, 0.15) is 0 Å². The van der Waals surface area contributed by atoms with Gasteiger partial charge in [-0.25, -0.2) is 13.2 Å². The van der Waals surface area contributed by atoms with E-state index in [2.05, 4.69) is 10.6 Å². The van der Waals surface area contributed by atoms with Crippen molar-refractivity contribution < 1.29 is 22.8 Å². The minimum atomic E-state index is -1.67. The number of carbonyl (C=O) groups excluding carboxylic acids is 2. The normalized spacial score (nSPS) is 18.3. The van der Waals surface area contributed by atoms with E-state index in [1.54, 1.807) is 12.1 Å². The molecule has 2 N–H and O–H groups in total. The van der Waals surface area contributed by atoms with Crippen LogP contribution in [-0.2, 0) is 9.59 Å². The van der Waals surface area contributed by atoms with Crippen molar-refractivity contribution in [3.8, 4) is 0 Å². The average Bonchev–Trinajstić information content (AvgIpc) is 3.41. The number of hydrogen-bond donors (Lipinski definition) is 2. The molecule has 1 saturated carbocycles. The van der Waals surface area contributed by atoms with Gasteiger partial charge in [0.05, 0.1) is 12.2 Å². The molecule has 2 unspecified atom stereocenters. The Morgan fingerprint density at radius 1 is 1.08 bits per heavy atom. The molecule has 2 aromatic carbocycles. The molecular formula is C18H14ClF3N2O2. The molecule has 0 spiro atoms. The zero-order valence-corrected chi connectivity index (χ0v) is 14.1. The maximum atomic E-state index is 13.5. The summed E-state index contributed by atoms with van der Waals surface area (Å²) >= 11 is 6.10. The molecular weight excluding hydrogens is 369 g/mol. The van der Waals surface area contributed by atoms with Crippen LogP contribution in [0.25, 0.3) is 0 Å². The highest BCUT2D eigenvalue weighted by molar-refractivity contribution is 6.31. The van der Waals surface area contributed by atoms with E-state index < -0.39 is 35.6 Å². The first-order valence-corrected chi connectivity index (χ1v) is 8.21. The Balaban J connectivity index is 1.52. The van der Waals surface area contributed by atoms with Crippen LogP contribution in [0.2, 0.25) is 5.02 Å². The van der Waals surface area contributed by atoms with Crippen molar-refractivity contribution in [2.75, 3.05) is 11.9 Å². The Labute approximate surface area is 152 Å². The van der Waals surface area contributed by atoms with Crippen LogP contribution in [0.4, 0.5) is 18.9 Å². The molecule has 2 atom stereocenters. The third kappa shape index (κ3) is 3.83. The second-order valence-corrected chi connectivity index (χ2v) is 6.37. The summed E-state index contributed by atoms with van der Waals surface area (Å²) in [5, 5.41) is 5.12. The maximum Gasteiger partial charge on any atom is 0.243 e. The molecule has 0 aromatic heterocycles. The fourth-order valence-electron chi connectivity index (χ4n) is 2.72. The lowest BCUT2D eigenvalue weighted by molar-refractivity contribution is -0.125. The average molecular weight is 383 g/mol. The zero-order valence-electron chi connectivity index (χ0n) is 13.4. The van der Waals surface area contributed by atoms with Gasteiger partial charge in [-0.05, 0) is 36.1 Å². The molecule has 1 aliphatic carbocycles. The van der Waals surface area contributed by atoms with Gasteiger partial charge in [-0.1, -0.05) is 29.8 Å². The molecule has 0 heterocycles. The van der Waals surface area contributed by atoms with E-state index in [0.29, 0.717) is 17.5 Å². The van der Waals surface area contributed by atoms with Crippen LogP contribution in [0.1, 0.15) is 17.9 Å². The largest absolute Gasteiger partial charge is 0.347 e. The number of hydrogen-bond acceptors (Lipinski definition) is 2. The Morgan fingerprint density at radius 2 is 1.81 bits per heavy atom. The lowest BCUT2D eigenvalue weighted by atomic mass is 10.1. The minimum Gasteiger partial charge on any atom is -0.347 e. The molecule has 3 rings (SSSR count). The summed E-state index contributed by atoms with van der Waals surface area (Å²) in [5.41, 5.74) is 0.381. The monoisotopic (exact) mass is 382 g/mol. The molecule has 8 heteroatoms. The molecule has 2 amide bonds. The Morgan fingerprint density at radius 3 is 2.54 bits per heavy atom. The second-order valence-electron chi connectivity index (χ2n) is 5.96. The lowest BCUT2D eigenvalue weighted by Crippen LogP contribution is -2.34. The molecule has 0 radical (unpaired) electrons. The predicted molar refractivity (Wildman–Crippen MR) is 90.3 cm³/mol. The summed E-state index contributed by atoms with van der Waals surface area (Å²) in [4.78, 5) is 23.9. The quantitative estimate of drug-likeness (QED) is 0.776. The van der Waals surface area contributed by atoms with E-state index in [1.165, 1.54) is 0 Å². The number of anilines is 1. The van der Waals surface area contributed by atoms with Crippen LogP contribution in [0, 0.1) is 23.4 Å². The zero-order chi connectivity index (χ0) is 18.8. The Bertz CT molecular complexity index is 876. The molecule has 1 fully saturated rings. The van der Waals surface area contributed by atoms with Gasteiger partial charge < -0.3 is 10.6 Å². The van der Waals surface area contributed by atoms with Gasteiger partial charge in [0.2, 0.25) is 11.8 Å². The van der Waals surface area contributed by atoms with Crippen molar-refractivity contribution in [1.29, 1.82) is 0 Å². The highest BCUT2D eigenvalue weighted by Crippen LogP contribution is 2.49. The number of carbonyl (C=O) groups is 2. The van der Waals surface area contributed by atoms with E-state index in [9.17, 15) is 22.8 Å². The summed E-state index contributed by atoms with van der Waals surface area (Å²) in [6.45, 7) is -0.414. The van der Waals surface area contributed by atoms with E-state index in [0.717, 1.165) is 11.6 Å². The second kappa shape index (κ2) is 7.37. The molecule has 136 valence electrons. The number of rotatable bonds is 5. The van der Waals surface area contributed by atoms with Gasteiger partial charge in [0.15, 0.2) is 17.5 Å². The number of amides is 2. The van der Waals surface area contributed by atoms with E-state index in [1.807, 2.05) is 12.1 Å². The molecule has 0 saturated heterocycles. The summed E-state index contributed by atoms with van der Waals surface area (Å²) in [6.07, 6.45) is 0.620. The highest BCUT2D eigenvalue weighted by atomic mass is 35.5. The SMILES string of the molecule is O=C(CNC(=O)C1CC1c1ccccc1Cl)Nc1ccc(F)c(F)c1F. The predicted octanol–water partition coefficient (Wildman–Crippen LogP) is 3.62. The third-order valence-corrected chi connectivity index (χ3v) is 4.51. The van der Waals surface area contributed by atoms with Gasteiger partial charge >= 0.3 is 0 Å². The van der Waals surface area contributed by atoms with Crippen LogP contribution < -0.4 is 10.6 Å². The van der Waals surface area contributed by atoms with Crippen molar-refractivity contribution >= 4 is 29.1 Å². The van der Waals surface area contributed by atoms with Crippen molar-refractivity contribution in [3.63, 3.8) is 0 Å². The van der Waals surface area contributed by atoms with E-state index >= 15 is 0 Å². The number of halogens is 4. The fraction of sp³-hybridized carbons (Fsp3) is 0.222. The first-order valence-electron chi connectivity index (χ1n) is 7.84. The molecule has 0 aliphatic heterocycles. The van der Waals surface area contributed by atoms with Crippen molar-refractivity contribution in [2.24, 2.45) is 5.92 Å². The van der Waals surface area contributed by atoms with Gasteiger partial charge in [-0.2, -0.15) is 0 Å². The number of benzene rings is 2. The standard InChI is InChI=1S/C18H14ClF3N2O2/c19-12-4-2-1-3-9(12)10-7-11(10)18(26)23-8-15(25)24-14-6-5-13(20)16(21)17(14)22/h1-6,10-11H,7-8H2,(H,23,26)(H,24,25). The van der Waals surface area contributed by atoms with E-state index in [-0.39, 0.29) is 17.7 Å². The smallest absolute Gasteiger partial charge is 0.243 e. The van der Waals surface area contributed by atoms with Gasteiger partial charge in [0.25, 0.3) is 0 Å². The summed E-state index contributed by atoms with van der Waals surface area (Å²) in [5.74, 6) is -5.89. The van der Waals surface area contributed by atoms with Gasteiger partial charge in [-0.15, -0.1) is 0 Å². The first-order chi connectivity index (χ1) is 12.4. The van der Waals surface area contributed by atoms with Crippen LogP contribution in [-0.4, -0.2) is 18.4 Å². The molecule has 1 aliphatic rings.